The zero-order valence-electron chi connectivity index (χ0n) is 16.7. The van der Waals surface area contributed by atoms with Crippen molar-refractivity contribution in [3.05, 3.63) is 58.6 Å². The minimum atomic E-state index is -3.70. The van der Waals surface area contributed by atoms with Crippen molar-refractivity contribution in [3.8, 4) is 0 Å². The molecule has 1 saturated heterocycles. The van der Waals surface area contributed by atoms with E-state index in [2.05, 4.69) is 21.2 Å². The van der Waals surface area contributed by atoms with Crippen LogP contribution in [0.25, 0.3) is 0 Å². The molecule has 2 aromatic carbocycles. The van der Waals surface area contributed by atoms with Crippen LogP contribution in [-0.2, 0) is 14.8 Å². The fourth-order valence-electron chi connectivity index (χ4n) is 3.40. The summed E-state index contributed by atoms with van der Waals surface area (Å²) in [5.74, 6) is -0.661. The molecular formula is C21H24BrN3O4S. The van der Waals surface area contributed by atoms with Gasteiger partial charge in [0.25, 0.3) is 5.91 Å². The number of nitrogens with one attached hydrogen (secondary N) is 1. The van der Waals surface area contributed by atoms with Gasteiger partial charge in [-0.1, -0.05) is 24.3 Å². The second-order valence-corrected chi connectivity index (χ2v) is 9.93. The van der Waals surface area contributed by atoms with Crippen molar-refractivity contribution in [2.45, 2.75) is 19.3 Å². The van der Waals surface area contributed by atoms with Gasteiger partial charge >= 0.3 is 0 Å². The van der Waals surface area contributed by atoms with E-state index >= 15 is 0 Å². The molecule has 0 spiro atoms. The molecule has 0 aromatic heterocycles. The Bertz CT molecular complexity index is 1040. The molecular weight excluding hydrogens is 470 g/mol. The maximum absolute atomic E-state index is 12.9. The zero-order chi connectivity index (χ0) is 21.7. The normalized spacial score (nSPS) is 14.3. The lowest BCUT2D eigenvalue weighted by Crippen LogP contribution is -2.38. The number of amides is 2. The molecule has 160 valence electrons. The fraction of sp³-hybridized carbons (Fsp3) is 0.333. The standard InChI is InChI=1S/C21H24BrN3O4S/c1-30(28,29)25(19-12-6-4-10-17(19)22)15-20(26)23-18-11-5-3-9-16(18)21(27)24-13-7-2-8-14-24/h3-6,9-12H,2,7-8,13-15H2,1H3,(H,23,26). The van der Waals surface area contributed by atoms with Gasteiger partial charge in [-0.05, 0) is 59.5 Å². The average molecular weight is 494 g/mol. The summed E-state index contributed by atoms with van der Waals surface area (Å²) in [6, 6.07) is 13.6. The van der Waals surface area contributed by atoms with Crippen LogP contribution in [0.15, 0.2) is 53.0 Å². The van der Waals surface area contributed by atoms with E-state index < -0.39 is 22.5 Å². The molecule has 9 heteroatoms. The van der Waals surface area contributed by atoms with Crippen molar-refractivity contribution in [3.63, 3.8) is 0 Å². The van der Waals surface area contributed by atoms with Crippen molar-refractivity contribution in [2.75, 3.05) is 35.5 Å². The molecule has 1 heterocycles. The Labute approximate surface area is 185 Å². The van der Waals surface area contributed by atoms with Crippen LogP contribution in [0.4, 0.5) is 11.4 Å². The molecule has 0 unspecified atom stereocenters. The number of hydrogen-bond acceptors (Lipinski definition) is 4. The lowest BCUT2D eigenvalue weighted by molar-refractivity contribution is -0.114. The van der Waals surface area contributed by atoms with E-state index in [0.717, 1.165) is 29.8 Å². The van der Waals surface area contributed by atoms with E-state index in [0.29, 0.717) is 34.5 Å². The number of hydrogen-bond donors (Lipinski definition) is 1. The highest BCUT2D eigenvalue weighted by molar-refractivity contribution is 9.10. The predicted molar refractivity (Wildman–Crippen MR) is 121 cm³/mol. The molecule has 0 atom stereocenters. The number of benzene rings is 2. The van der Waals surface area contributed by atoms with E-state index in [1.54, 1.807) is 53.4 Å². The minimum absolute atomic E-state index is 0.128. The van der Waals surface area contributed by atoms with E-state index in [9.17, 15) is 18.0 Å². The first-order valence-corrected chi connectivity index (χ1v) is 12.3. The van der Waals surface area contributed by atoms with Gasteiger partial charge in [0.15, 0.2) is 0 Å². The van der Waals surface area contributed by atoms with Crippen molar-refractivity contribution in [1.29, 1.82) is 0 Å². The van der Waals surface area contributed by atoms with Gasteiger partial charge in [-0.15, -0.1) is 0 Å². The number of halogens is 1. The summed E-state index contributed by atoms with van der Waals surface area (Å²) in [5.41, 5.74) is 1.14. The number of piperidine rings is 1. The molecule has 0 saturated carbocycles. The lowest BCUT2D eigenvalue weighted by atomic mass is 10.1. The summed E-state index contributed by atoms with van der Waals surface area (Å²) in [6.45, 7) is 0.990. The number of carbonyl (C=O) groups is 2. The van der Waals surface area contributed by atoms with Crippen LogP contribution in [0.1, 0.15) is 29.6 Å². The Morgan fingerprint density at radius 2 is 1.67 bits per heavy atom. The van der Waals surface area contributed by atoms with Crippen molar-refractivity contribution >= 4 is 49.1 Å². The van der Waals surface area contributed by atoms with Crippen LogP contribution in [0.2, 0.25) is 0 Å². The first-order chi connectivity index (χ1) is 14.3. The maximum atomic E-state index is 12.9. The molecule has 0 radical (unpaired) electrons. The minimum Gasteiger partial charge on any atom is -0.339 e. The number of sulfonamides is 1. The van der Waals surface area contributed by atoms with Crippen LogP contribution in [0.3, 0.4) is 0 Å². The Morgan fingerprint density at radius 1 is 1.03 bits per heavy atom. The highest BCUT2D eigenvalue weighted by Gasteiger charge is 2.25. The summed E-state index contributed by atoms with van der Waals surface area (Å²) in [4.78, 5) is 27.4. The Morgan fingerprint density at radius 3 is 2.33 bits per heavy atom. The summed E-state index contributed by atoms with van der Waals surface area (Å²) in [6.07, 6.45) is 4.09. The number of likely N-dealkylation sites (tertiary alicyclic amines) is 1. The Hall–Kier alpha value is -2.39. The molecule has 1 aliphatic rings. The molecule has 2 amide bonds. The van der Waals surface area contributed by atoms with E-state index in [4.69, 9.17) is 0 Å². The molecule has 30 heavy (non-hydrogen) atoms. The van der Waals surface area contributed by atoms with E-state index in [1.165, 1.54) is 0 Å². The number of carbonyl (C=O) groups excluding carboxylic acids is 2. The molecule has 2 aromatic rings. The molecule has 7 nitrogen and oxygen atoms in total. The van der Waals surface area contributed by atoms with Gasteiger partial charge < -0.3 is 10.2 Å². The average Bonchev–Trinajstić information content (AvgIpc) is 2.72. The summed E-state index contributed by atoms with van der Waals surface area (Å²) in [7, 11) is -3.70. The molecule has 0 bridgehead atoms. The predicted octanol–water partition coefficient (Wildman–Crippen LogP) is 3.48. The molecule has 0 aliphatic carbocycles. The number of nitrogens with zero attached hydrogens (tertiary/aromatic N) is 2. The van der Waals surface area contributed by atoms with Crippen molar-refractivity contribution < 1.29 is 18.0 Å². The van der Waals surface area contributed by atoms with E-state index in [1.807, 2.05) is 0 Å². The second kappa shape index (κ2) is 9.61. The van der Waals surface area contributed by atoms with Gasteiger partial charge in [-0.3, -0.25) is 13.9 Å². The van der Waals surface area contributed by atoms with Gasteiger partial charge in [0.2, 0.25) is 15.9 Å². The quantitative estimate of drug-likeness (QED) is 0.667. The second-order valence-electron chi connectivity index (χ2n) is 7.17. The third kappa shape index (κ3) is 5.40. The highest BCUT2D eigenvalue weighted by atomic mass is 79.9. The topological polar surface area (TPSA) is 86.8 Å². The van der Waals surface area contributed by atoms with Crippen LogP contribution in [-0.4, -0.2) is 51.0 Å². The first kappa shape index (κ1) is 22.3. The monoisotopic (exact) mass is 493 g/mol. The number of rotatable bonds is 6. The van der Waals surface area contributed by atoms with Crippen LogP contribution >= 0.6 is 15.9 Å². The van der Waals surface area contributed by atoms with Crippen LogP contribution < -0.4 is 9.62 Å². The molecule has 1 fully saturated rings. The fourth-order valence-corrected chi connectivity index (χ4v) is 4.89. The number of para-hydroxylation sites is 2. The molecule has 1 aliphatic heterocycles. The maximum Gasteiger partial charge on any atom is 0.255 e. The van der Waals surface area contributed by atoms with Crippen molar-refractivity contribution in [2.24, 2.45) is 0 Å². The smallest absolute Gasteiger partial charge is 0.255 e. The zero-order valence-corrected chi connectivity index (χ0v) is 19.1. The third-order valence-electron chi connectivity index (χ3n) is 4.88. The van der Waals surface area contributed by atoms with Gasteiger partial charge in [0.1, 0.15) is 6.54 Å². The van der Waals surface area contributed by atoms with Gasteiger partial charge in [0, 0.05) is 17.6 Å². The number of anilines is 2. The Balaban J connectivity index is 1.80. The summed E-state index contributed by atoms with van der Waals surface area (Å²) >= 11 is 3.33. The van der Waals surface area contributed by atoms with Gasteiger partial charge in [0.05, 0.1) is 23.2 Å². The van der Waals surface area contributed by atoms with E-state index in [-0.39, 0.29) is 5.91 Å². The lowest BCUT2D eigenvalue weighted by Gasteiger charge is -2.27. The molecule has 3 rings (SSSR count). The van der Waals surface area contributed by atoms with Gasteiger partial charge in [-0.2, -0.15) is 0 Å². The van der Waals surface area contributed by atoms with Gasteiger partial charge in [-0.25, -0.2) is 8.42 Å². The summed E-state index contributed by atoms with van der Waals surface area (Å²) < 4.78 is 26.2. The summed E-state index contributed by atoms with van der Waals surface area (Å²) in [5, 5.41) is 2.71. The van der Waals surface area contributed by atoms with Crippen molar-refractivity contribution in [1.82, 2.24) is 4.90 Å². The highest BCUT2D eigenvalue weighted by Crippen LogP contribution is 2.28. The van der Waals surface area contributed by atoms with Crippen LogP contribution in [0, 0.1) is 0 Å². The first-order valence-electron chi connectivity index (χ1n) is 9.68. The SMILES string of the molecule is CS(=O)(=O)N(CC(=O)Nc1ccccc1C(=O)N1CCCCC1)c1ccccc1Br. The Kier molecular flexibility index (Phi) is 7.14. The molecule has 1 N–H and O–H groups in total. The largest absolute Gasteiger partial charge is 0.339 e. The third-order valence-corrected chi connectivity index (χ3v) is 6.68. The van der Waals surface area contributed by atoms with Crippen LogP contribution in [0.5, 0.6) is 0 Å².